The van der Waals surface area contributed by atoms with Gasteiger partial charge in [0, 0.05) is 0 Å². The van der Waals surface area contributed by atoms with Crippen molar-refractivity contribution in [2.24, 2.45) is 0 Å². The Labute approximate surface area is 101 Å². The molecule has 0 bridgehead atoms. The zero-order chi connectivity index (χ0) is 12.2. The van der Waals surface area contributed by atoms with Gasteiger partial charge in [-0.25, -0.2) is 8.78 Å². The first-order valence-corrected chi connectivity index (χ1v) is 6.15. The predicted molar refractivity (Wildman–Crippen MR) is 62.9 cm³/mol. The molecule has 0 heterocycles. The first-order valence-electron chi connectivity index (χ1n) is 5.77. The Morgan fingerprint density at radius 3 is 2.25 bits per heavy atom. The number of hydrogen-bond acceptors (Lipinski definition) is 1. The van der Waals surface area contributed by atoms with E-state index >= 15 is 0 Å². The normalized spacial score (nSPS) is 13.2. The summed E-state index contributed by atoms with van der Waals surface area (Å²) in [4.78, 5) is 10.4. The van der Waals surface area contributed by atoms with Crippen LogP contribution < -0.4 is 0 Å². The average molecular weight is 253 g/mol. The smallest absolute Gasteiger partial charge is 0.255 e. The van der Waals surface area contributed by atoms with Gasteiger partial charge in [-0.2, -0.15) is 0 Å². The summed E-state index contributed by atoms with van der Waals surface area (Å²) in [6.07, 6.45) is 7.38. The minimum atomic E-state index is -1.50. The molecule has 0 saturated heterocycles. The maximum absolute atomic E-state index is 12.7. The first kappa shape index (κ1) is 15.6. The van der Waals surface area contributed by atoms with Crippen molar-refractivity contribution in [1.82, 2.24) is 0 Å². The lowest BCUT2D eigenvalue weighted by molar-refractivity contribution is -0.116. The SMILES string of the molecule is O=C(Cl)C(F)CCCCCCCCC=CF. The highest BCUT2D eigenvalue weighted by Gasteiger charge is 2.12. The lowest BCUT2D eigenvalue weighted by atomic mass is 10.1. The monoisotopic (exact) mass is 252 g/mol. The van der Waals surface area contributed by atoms with E-state index in [0.717, 1.165) is 38.5 Å². The highest BCUT2D eigenvalue weighted by molar-refractivity contribution is 6.64. The topological polar surface area (TPSA) is 17.1 Å². The molecule has 0 aromatic rings. The molecule has 1 nitrogen and oxygen atoms in total. The van der Waals surface area contributed by atoms with Crippen molar-refractivity contribution >= 4 is 16.8 Å². The van der Waals surface area contributed by atoms with Crippen LogP contribution in [0.5, 0.6) is 0 Å². The molecule has 0 spiro atoms. The number of hydrogen-bond donors (Lipinski definition) is 0. The van der Waals surface area contributed by atoms with Gasteiger partial charge in [0.15, 0.2) is 6.17 Å². The summed E-state index contributed by atoms with van der Waals surface area (Å²) in [7, 11) is 0. The van der Waals surface area contributed by atoms with E-state index in [1.54, 1.807) is 0 Å². The fourth-order valence-electron chi connectivity index (χ4n) is 1.47. The number of allylic oxidation sites excluding steroid dienone is 1. The third kappa shape index (κ3) is 10.1. The maximum Gasteiger partial charge on any atom is 0.255 e. The molecule has 0 amide bonds. The molecule has 0 saturated carbocycles. The molecule has 1 unspecified atom stereocenters. The molecular formula is C12H19ClF2O. The lowest BCUT2D eigenvalue weighted by Gasteiger charge is -2.02. The number of rotatable bonds is 10. The molecule has 4 heteroatoms. The number of alkyl halides is 1. The van der Waals surface area contributed by atoms with Gasteiger partial charge >= 0.3 is 0 Å². The number of carbonyl (C=O) groups excluding carboxylic acids is 1. The molecule has 0 rings (SSSR count). The fourth-order valence-corrected chi connectivity index (χ4v) is 1.58. The van der Waals surface area contributed by atoms with E-state index in [4.69, 9.17) is 11.6 Å². The van der Waals surface area contributed by atoms with E-state index in [2.05, 4.69) is 0 Å². The highest BCUT2D eigenvalue weighted by atomic mass is 35.5. The van der Waals surface area contributed by atoms with E-state index in [1.807, 2.05) is 0 Å². The molecular weight excluding hydrogens is 234 g/mol. The van der Waals surface area contributed by atoms with Gasteiger partial charge < -0.3 is 0 Å². The summed E-state index contributed by atoms with van der Waals surface area (Å²) in [6, 6.07) is 0. The Kier molecular flexibility index (Phi) is 10.8. The van der Waals surface area contributed by atoms with Crippen molar-refractivity contribution in [2.75, 3.05) is 0 Å². The summed E-state index contributed by atoms with van der Waals surface area (Å²) in [5.41, 5.74) is 0. The van der Waals surface area contributed by atoms with Crippen LogP contribution in [0.1, 0.15) is 51.4 Å². The largest absolute Gasteiger partial charge is 0.278 e. The van der Waals surface area contributed by atoms with Crippen LogP contribution in [-0.2, 0) is 4.79 Å². The molecule has 0 aromatic carbocycles. The average Bonchev–Trinajstić information content (AvgIpc) is 2.26. The standard InChI is InChI=1S/C12H19ClF2O/c13-12(16)11(15)9-7-5-3-1-2-4-6-8-10-14/h8,10-11H,1-7,9H2. The van der Waals surface area contributed by atoms with Gasteiger partial charge in [0.25, 0.3) is 5.24 Å². The van der Waals surface area contributed by atoms with E-state index in [1.165, 1.54) is 6.08 Å². The number of carbonyl (C=O) groups is 1. The van der Waals surface area contributed by atoms with Crippen molar-refractivity contribution in [1.29, 1.82) is 0 Å². The second kappa shape index (κ2) is 11.1. The van der Waals surface area contributed by atoms with Crippen molar-refractivity contribution in [3.63, 3.8) is 0 Å². The van der Waals surface area contributed by atoms with Crippen LogP contribution in [0.2, 0.25) is 0 Å². The molecule has 0 aromatic heterocycles. The van der Waals surface area contributed by atoms with E-state index in [0.29, 0.717) is 12.8 Å². The minimum Gasteiger partial charge on any atom is -0.278 e. The zero-order valence-electron chi connectivity index (χ0n) is 9.43. The van der Waals surface area contributed by atoms with Crippen LogP contribution in [0.15, 0.2) is 12.4 Å². The maximum atomic E-state index is 12.7. The molecule has 0 radical (unpaired) electrons. The quantitative estimate of drug-likeness (QED) is 0.407. The molecule has 0 N–H and O–H groups in total. The Morgan fingerprint density at radius 1 is 1.12 bits per heavy atom. The van der Waals surface area contributed by atoms with Gasteiger partial charge in [0.2, 0.25) is 0 Å². The van der Waals surface area contributed by atoms with Crippen LogP contribution >= 0.6 is 11.6 Å². The predicted octanol–water partition coefficient (Wildman–Crippen LogP) is 4.69. The summed E-state index contributed by atoms with van der Waals surface area (Å²) in [6.45, 7) is 0. The lowest BCUT2D eigenvalue weighted by Crippen LogP contribution is -2.08. The van der Waals surface area contributed by atoms with Gasteiger partial charge in [-0.05, 0) is 30.9 Å². The molecule has 0 aliphatic rings. The second-order valence-corrected chi connectivity index (χ2v) is 4.20. The van der Waals surface area contributed by atoms with Crippen molar-refractivity contribution in [3.8, 4) is 0 Å². The van der Waals surface area contributed by atoms with Gasteiger partial charge in [0.1, 0.15) is 0 Å². The Balaban J connectivity index is 3.12. The van der Waals surface area contributed by atoms with Crippen LogP contribution in [0, 0.1) is 0 Å². The van der Waals surface area contributed by atoms with Crippen LogP contribution in [0.3, 0.4) is 0 Å². The number of halogens is 3. The molecule has 0 aliphatic heterocycles. The van der Waals surface area contributed by atoms with E-state index < -0.39 is 11.4 Å². The molecule has 0 aliphatic carbocycles. The zero-order valence-corrected chi connectivity index (χ0v) is 10.2. The van der Waals surface area contributed by atoms with E-state index in [9.17, 15) is 13.6 Å². The van der Waals surface area contributed by atoms with Crippen molar-refractivity contribution in [2.45, 2.75) is 57.5 Å². The second-order valence-electron chi connectivity index (χ2n) is 3.83. The Bertz CT molecular complexity index is 207. The molecule has 94 valence electrons. The summed E-state index contributed by atoms with van der Waals surface area (Å²) in [5, 5.41) is -0.891. The van der Waals surface area contributed by atoms with Gasteiger partial charge in [0.05, 0.1) is 6.33 Å². The third-order valence-corrected chi connectivity index (χ3v) is 2.65. The van der Waals surface area contributed by atoms with Crippen LogP contribution in [0.4, 0.5) is 8.78 Å². The molecule has 0 fully saturated rings. The number of unbranched alkanes of at least 4 members (excludes halogenated alkanes) is 6. The minimum absolute atomic E-state index is 0.229. The molecule has 16 heavy (non-hydrogen) atoms. The van der Waals surface area contributed by atoms with Crippen LogP contribution in [0.25, 0.3) is 0 Å². The Morgan fingerprint density at radius 2 is 1.69 bits per heavy atom. The summed E-state index contributed by atoms with van der Waals surface area (Å²) < 4.78 is 24.3. The third-order valence-electron chi connectivity index (χ3n) is 2.41. The van der Waals surface area contributed by atoms with E-state index in [-0.39, 0.29) is 6.42 Å². The first-order chi connectivity index (χ1) is 7.68. The summed E-state index contributed by atoms with van der Waals surface area (Å²) >= 11 is 4.99. The Hall–Kier alpha value is -0.440. The van der Waals surface area contributed by atoms with Crippen molar-refractivity contribution < 1.29 is 13.6 Å². The summed E-state index contributed by atoms with van der Waals surface area (Å²) in [5.74, 6) is 0. The van der Waals surface area contributed by atoms with Crippen molar-refractivity contribution in [3.05, 3.63) is 12.4 Å². The van der Waals surface area contributed by atoms with Crippen LogP contribution in [-0.4, -0.2) is 11.4 Å². The van der Waals surface area contributed by atoms with Gasteiger partial charge in [-0.15, -0.1) is 0 Å². The molecule has 1 atom stereocenters. The highest BCUT2D eigenvalue weighted by Crippen LogP contribution is 2.12. The van der Waals surface area contributed by atoms with Gasteiger partial charge in [-0.1, -0.05) is 38.2 Å². The fraction of sp³-hybridized carbons (Fsp3) is 0.750. The van der Waals surface area contributed by atoms with Gasteiger partial charge in [-0.3, -0.25) is 4.79 Å².